The summed E-state index contributed by atoms with van der Waals surface area (Å²) in [6.07, 6.45) is 10.7. The molecule has 0 unspecified atom stereocenters. The van der Waals surface area contributed by atoms with E-state index < -0.39 is 23.4 Å². The molecule has 0 N–H and O–H groups in total. The highest BCUT2D eigenvalue weighted by Crippen LogP contribution is 2.42. The molecule has 0 spiro atoms. The summed E-state index contributed by atoms with van der Waals surface area (Å²) in [6, 6.07) is 2.18. The van der Waals surface area contributed by atoms with E-state index in [0.717, 1.165) is 42.7 Å². The van der Waals surface area contributed by atoms with Gasteiger partial charge in [-0.15, -0.1) is 0 Å². The van der Waals surface area contributed by atoms with Crippen molar-refractivity contribution in [2.75, 3.05) is 0 Å². The second-order valence-corrected chi connectivity index (χ2v) is 9.00. The first-order chi connectivity index (χ1) is 14.2. The lowest BCUT2D eigenvalue weighted by molar-refractivity contribution is -0.0790. The van der Waals surface area contributed by atoms with Crippen LogP contribution < -0.4 is 0 Å². The molecule has 3 rings (SSSR count). The predicted octanol–water partition coefficient (Wildman–Crippen LogP) is 8.58. The summed E-state index contributed by atoms with van der Waals surface area (Å²) in [5.41, 5.74) is -0.322. The molecule has 0 aromatic heterocycles. The summed E-state index contributed by atoms with van der Waals surface area (Å²) in [6.45, 7) is 2.28. The predicted molar refractivity (Wildman–Crippen MR) is 112 cm³/mol. The first kappa shape index (κ1) is 23.0. The maximum atomic E-state index is 14.1. The molecule has 0 bridgehead atoms. The van der Waals surface area contributed by atoms with Crippen LogP contribution in [0.2, 0.25) is 0 Å². The molecule has 2 aliphatic carbocycles. The van der Waals surface area contributed by atoms with E-state index in [1.807, 2.05) is 6.08 Å². The third-order valence-corrected chi connectivity index (χ3v) is 7.05. The maximum Gasteiger partial charge on any atom is 0.409 e. The molecule has 2 fully saturated rings. The van der Waals surface area contributed by atoms with Crippen molar-refractivity contribution >= 4 is 12.2 Å². The second-order valence-electron chi connectivity index (χ2n) is 9.00. The molecule has 0 aliphatic heterocycles. The molecule has 0 amide bonds. The zero-order valence-corrected chi connectivity index (χ0v) is 17.5. The van der Waals surface area contributed by atoms with Gasteiger partial charge in [-0.25, -0.2) is 8.78 Å². The molecule has 0 nitrogen and oxygen atoms in total. The highest BCUT2D eigenvalue weighted by molar-refractivity contribution is 5.57. The summed E-state index contributed by atoms with van der Waals surface area (Å²) in [5.74, 6) is 1.00. The van der Waals surface area contributed by atoms with Gasteiger partial charge in [0.25, 0.3) is 0 Å². The normalized spacial score (nSPS) is 28.5. The quantitative estimate of drug-likeness (QED) is 0.414. The Bertz CT molecular complexity index is 722. The summed E-state index contributed by atoms with van der Waals surface area (Å²) >= 11 is 0. The van der Waals surface area contributed by atoms with Gasteiger partial charge >= 0.3 is 6.18 Å². The molecular weight excluding hydrogens is 395 g/mol. The lowest BCUT2D eigenvalue weighted by Gasteiger charge is -2.37. The summed E-state index contributed by atoms with van der Waals surface area (Å²) in [5, 5.41) is 0. The number of hydrogen-bond donors (Lipinski definition) is 0. The van der Waals surface area contributed by atoms with Crippen LogP contribution >= 0.6 is 0 Å². The van der Waals surface area contributed by atoms with E-state index in [1.54, 1.807) is 6.08 Å². The highest BCUT2D eigenvalue weighted by atomic mass is 19.4. The van der Waals surface area contributed by atoms with E-state index in [0.29, 0.717) is 17.6 Å². The second kappa shape index (κ2) is 10.1. The minimum absolute atomic E-state index is 0.156. The molecule has 2 aliphatic rings. The summed E-state index contributed by atoms with van der Waals surface area (Å²) < 4.78 is 64.9. The molecular formula is C25H31F5. The number of rotatable bonds is 5. The SMILES string of the molecule is CCC1CCC(C2CCC(C=Cc3cc(F)c(C=CC(F)(F)F)c(F)c3)CC2)CC1. The van der Waals surface area contributed by atoms with E-state index in [2.05, 4.69) is 6.92 Å². The van der Waals surface area contributed by atoms with Crippen molar-refractivity contribution in [2.24, 2.45) is 23.7 Å². The molecule has 2 saturated carbocycles. The average Bonchev–Trinajstić information content (AvgIpc) is 2.71. The van der Waals surface area contributed by atoms with Crippen LogP contribution in [0.4, 0.5) is 22.0 Å². The van der Waals surface area contributed by atoms with E-state index in [9.17, 15) is 22.0 Å². The molecule has 1 aromatic rings. The van der Waals surface area contributed by atoms with Crippen molar-refractivity contribution in [3.05, 3.63) is 47.0 Å². The molecule has 30 heavy (non-hydrogen) atoms. The van der Waals surface area contributed by atoms with Crippen molar-refractivity contribution in [3.63, 3.8) is 0 Å². The van der Waals surface area contributed by atoms with Crippen LogP contribution in [0.3, 0.4) is 0 Å². The van der Waals surface area contributed by atoms with Crippen LogP contribution in [-0.2, 0) is 0 Å². The zero-order chi connectivity index (χ0) is 21.7. The van der Waals surface area contributed by atoms with Gasteiger partial charge in [0.05, 0.1) is 0 Å². The van der Waals surface area contributed by atoms with Crippen molar-refractivity contribution in [1.29, 1.82) is 0 Å². The molecule has 1 aromatic carbocycles. The number of benzene rings is 1. The van der Waals surface area contributed by atoms with E-state index in [1.165, 1.54) is 44.9 Å². The summed E-state index contributed by atoms with van der Waals surface area (Å²) in [7, 11) is 0. The van der Waals surface area contributed by atoms with Gasteiger partial charge in [0.2, 0.25) is 0 Å². The van der Waals surface area contributed by atoms with Gasteiger partial charge in [0.1, 0.15) is 11.6 Å². The first-order valence-corrected chi connectivity index (χ1v) is 11.2. The van der Waals surface area contributed by atoms with Gasteiger partial charge in [0.15, 0.2) is 0 Å². The Balaban J connectivity index is 1.54. The van der Waals surface area contributed by atoms with Gasteiger partial charge in [-0.2, -0.15) is 13.2 Å². The Morgan fingerprint density at radius 1 is 0.833 bits per heavy atom. The monoisotopic (exact) mass is 426 g/mol. The fourth-order valence-corrected chi connectivity index (χ4v) is 5.16. The minimum atomic E-state index is -4.61. The average molecular weight is 427 g/mol. The maximum absolute atomic E-state index is 14.1. The smallest absolute Gasteiger partial charge is 0.206 e. The van der Waals surface area contributed by atoms with Gasteiger partial charge in [-0.3, -0.25) is 0 Å². The Morgan fingerprint density at radius 2 is 1.37 bits per heavy atom. The number of allylic oxidation sites excluding steroid dienone is 2. The molecule has 0 saturated heterocycles. The topological polar surface area (TPSA) is 0 Å². The van der Waals surface area contributed by atoms with Gasteiger partial charge in [0, 0.05) is 11.6 Å². The lowest BCUT2D eigenvalue weighted by Crippen LogP contribution is -2.25. The molecule has 5 heteroatoms. The molecule has 0 atom stereocenters. The summed E-state index contributed by atoms with van der Waals surface area (Å²) in [4.78, 5) is 0. The van der Waals surface area contributed by atoms with E-state index >= 15 is 0 Å². The Labute approximate surface area is 176 Å². The third kappa shape index (κ3) is 6.42. The van der Waals surface area contributed by atoms with Gasteiger partial charge in [-0.1, -0.05) is 38.3 Å². The lowest BCUT2D eigenvalue weighted by atomic mass is 9.69. The number of hydrogen-bond acceptors (Lipinski definition) is 0. The molecule has 0 radical (unpaired) electrons. The molecule has 166 valence electrons. The minimum Gasteiger partial charge on any atom is -0.206 e. The highest BCUT2D eigenvalue weighted by Gasteiger charge is 2.29. The van der Waals surface area contributed by atoms with Crippen molar-refractivity contribution < 1.29 is 22.0 Å². The Hall–Kier alpha value is -1.65. The zero-order valence-electron chi connectivity index (χ0n) is 17.5. The first-order valence-electron chi connectivity index (χ1n) is 11.2. The molecule has 0 heterocycles. The number of halogens is 5. The van der Waals surface area contributed by atoms with Crippen LogP contribution in [0, 0.1) is 35.3 Å². The largest absolute Gasteiger partial charge is 0.409 e. The standard InChI is InChI=1S/C25H31F5/c1-2-17-5-9-20(10-6-17)21-11-7-18(8-12-21)3-4-19-15-23(26)22(24(27)16-19)13-14-25(28,29)30/h3-4,13-18,20-21H,2,5-12H2,1H3. The van der Waals surface area contributed by atoms with Crippen LogP contribution in [-0.4, -0.2) is 6.18 Å². The van der Waals surface area contributed by atoms with Crippen LogP contribution in [0.5, 0.6) is 0 Å². The van der Waals surface area contributed by atoms with E-state index in [-0.39, 0.29) is 6.08 Å². The third-order valence-electron chi connectivity index (χ3n) is 7.05. The fraction of sp³-hybridized carbons (Fsp3) is 0.600. The Kier molecular flexibility index (Phi) is 7.75. The van der Waals surface area contributed by atoms with Gasteiger partial charge in [-0.05, 0) is 86.0 Å². The van der Waals surface area contributed by atoms with E-state index in [4.69, 9.17) is 0 Å². The fourth-order valence-electron chi connectivity index (χ4n) is 5.16. The Morgan fingerprint density at radius 3 is 1.87 bits per heavy atom. The van der Waals surface area contributed by atoms with Crippen LogP contribution in [0.1, 0.15) is 75.8 Å². The van der Waals surface area contributed by atoms with Crippen molar-refractivity contribution in [3.8, 4) is 0 Å². The van der Waals surface area contributed by atoms with Crippen LogP contribution in [0.15, 0.2) is 24.3 Å². The van der Waals surface area contributed by atoms with Crippen molar-refractivity contribution in [1.82, 2.24) is 0 Å². The van der Waals surface area contributed by atoms with Gasteiger partial charge < -0.3 is 0 Å². The van der Waals surface area contributed by atoms with Crippen molar-refractivity contribution in [2.45, 2.75) is 70.9 Å². The van der Waals surface area contributed by atoms with Crippen LogP contribution in [0.25, 0.3) is 12.2 Å². The number of alkyl halides is 3.